The molecule has 14 heavy (non-hydrogen) atoms. The molecule has 0 fully saturated rings. The maximum atomic E-state index is 11.8. The minimum atomic E-state index is -0.691. The Hall–Kier alpha value is -0.930. The third kappa shape index (κ3) is 4.35. The molecule has 0 aliphatic heterocycles. The minimum absolute atomic E-state index is 0.148. The van der Waals surface area contributed by atoms with E-state index in [9.17, 15) is 4.39 Å². The molecule has 1 aromatic carbocycles. The number of aliphatic hydroxyl groups is 1. The van der Waals surface area contributed by atoms with E-state index in [1.54, 1.807) is 0 Å². The van der Waals surface area contributed by atoms with E-state index in [4.69, 9.17) is 9.84 Å². The zero-order chi connectivity index (χ0) is 10.2. The van der Waals surface area contributed by atoms with Crippen molar-refractivity contribution in [3.63, 3.8) is 0 Å². The summed E-state index contributed by atoms with van der Waals surface area (Å²) < 4.78 is 17.0. The molecule has 1 N–H and O–H groups in total. The molecule has 2 nitrogen and oxygen atoms in total. The van der Waals surface area contributed by atoms with Crippen LogP contribution in [0.3, 0.4) is 0 Å². The zero-order valence-electron chi connectivity index (χ0n) is 8.03. The van der Waals surface area contributed by atoms with Gasteiger partial charge < -0.3 is 9.84 Å². The van der Waals surface area contributed by atoms with E-state index in [1.807, 2.05) is 30.3 Å². The number of halogens is 1. The predicted molar refractivity (Wildman–Crippen MR) is 52.7 cm³/mol. The third-order valence-electron chi connectivity index (χ3n) is 1.86. The zero-order valence-corrected chi connectivity index (χ0v) is 8.03. The third-order valence-corrected chi connectivity index (χ3v) is 1.86. The van der Waals surface area contributed by atoms with Crippen LogP contribution in [0.4, 0.5) is 4.39 Å². The first-order chi connectivity index (χ1) is 6.83. The lowest BCUT2D eigenvalue weighted by molar-refractivity contribution is 0.0217. The normalized spacial score (nSPS) is 12.7. The second-order valence-electron chi connectivity index (χ2n) is 3.13. The van der Waals surface area contributed by atoms with Crippen LogP contribution in [-0.2, 0) is 11.3 Å². The molecular weight excluding hydrogens is 183 g/mol. The van der Waals surface area contributed by atoms with Crippen molar-refractivity contribution in [2.45, 2.75) is 19.1 Å². The molecule has 0 saturated carbocycles. The molecule has 0 bridgehead atoms. The SMILES string of the molecule is OC(CCF)COCc1ccccc1. The second-order valence-corrected chi connectivity index (χ2v) is 3.13. The maximum absolute atomic E-state index is 11.8. The summed E-state index contributed by atoms with van der Waals surface area (Å²) in [6, 6.07) is 9.68. The van der Waals surface area contributed by atoms with Crippen LogP contribution in [0.1, 0.15) is 12.0 Å². The van der Waals surface area contributed by atoms with Gasteiger partial charge >= 0.3 is 0 Å². The molecular formula is C11H15FO2. The number of benzene rings is 1. The largest absolute Gasteiger partial charge is 0.391 e. The predicted octanol–water partition coefficient (Wildman–Crippen LogP) is 1.92. The van der Waals surface area contributed by atoms with Crippen molar-refractivity contribution in [1.29, 1.82) is 0 Å². The van der Waals surface area contributed by atoms with Crippen LogP contribution in [0.25, 0.3) is 0 Å². The highest BCUT2D eigenvalue weighted by Crippen LogP contribution is 2.01. The fourth-order valence-corrected chi connectivity index (χ4v) is 1.10. The van der Waals surface area contributed by atoms with E-state index in [0.717, 1.165) is 5.56 Å². The second kappa shape index (κ2) is 6.51. The van der Waals surface area contributed by atoms with Gasteiger partial charge in [-0.1, -0.05) is 30.3 Å². The Kier molecular flexibility index (Phi) is 5.19. The molecule has 1 aromatic rings. The summed E-state index contributed by atoms with van der Waals surface area (Å²) in [6.45, 7) is 0.152. The van der Waals surface area contributed by atoms with Gasteiger partial charge in [-0.15, -0.1) is 0 Å². The van der Waals surface area contributed by atoms with E-state index in [2.05, 4.69) is 0 Å². The van der Waals surface area contributed by atoms with E-state index >= 15 is 0 Å². The van der Waals surface area contributed by atoms with Crippen LogP contribution in [0.5, 0.6) is 0 Å². The first-order valence-corrected chi connectivity index (χ1v) is 4.68. The first-order valence-electron chi connectivity index (χ1n) is 4.68. The highest BCUT2D eigenvalue weighted by molar-refractivity contribution is 5.13. The van der Waals surface area contributed by atoms with Gasteiger partial charge in [-0.2, -0.15) is 0 Å². The minimum Gasteiger partial charge on any atom is -0.391 e. The topological polar surface area (TPSA) is 29.5 Å². The van der Waals surface area contributed by atoms with Crippen LogP contribution in [0.15, 0.2) is 30.3 Å². The van der Waals surface area contributed by atoms with Gasteiger partial charge in [-0.25, -0.2) is 0 Å². The Morgan fingerprint density at radius 3 is 2.64 bits per heavy atom. The molecule has 0 radical (unpaired) electrons. The van der Waals surface area contributed by atoms with Gasteiger partial charge in [0.05, 0.1) is 26.0 Å². The average Bonchev–Trinajstić information content (AvgIpc) is 2.20. The van der Waals surface area contributed by atoms with Gasteiger partial charge in [-0.05, 0) is 5.56 Å². The molecule has 3 heteroatoms. The van der Waals surface area contributed by atoms with E-state index in [1.165, 1.54) is 0 Å². The van der Waals surface area contributed by atoms with Gasteiger partial charge in [0.25, 0.3) is 0 Å². The standard InChI is InChI=1S/C11H15FO2/c12-7-6-11(13)9-14-8-10-4-2-1-3-5-10/h1-5,11,13H,6-9H2. The fraction of sp³-hybridized carbons (Fsp3) is 0.455. The average molecular weight is 198 g/mol. The van der Waals surface area contributed by atoms with Crippen molar-refractivity contribution in [1.82, 2.24) is 0 Å². The molecule has 0 amide bonds. The number of ether oxygens (including phenoxy) is 1. The molecule has 0 aliphatic carbocycles. The monoisotopic (exact) mass is 198 g/mol. The summed E-state index contributed by atoms with van der Waals surface area (Å²) in [7, 11) is 0. The van der Waals surface area contributed by atoms with Gasteiger partial charge in [0.2, 0.25) is 0 Å². The van der Waals surface area contributed by atoms with E-state index < -0.39 is 12.8 Å². The smallest absolute Gasteiger partial charge is 0.0919 e. The highest BCUT2D eigenvalue weighted by atomic mass is 19.1. The van der Waals surface area contributed by atoms with Crippen LogP contribution >= 0.6 is 0 Å². The Morgan fingerprint density at radius 2 is 2.00 bits per heavy atom. The molecule has 78 valence electrons. The molecule has 1 unspecified atom stereocenters. The van der Waals surface area contributed by atoms with Crippen molar-refractivity contribution < 1.29 is 14.2 Å². The summed E-state index contributed by atoms with van der Waals surface area (Å²) in [5, 5.41) is 9.16. The summed E-state index contributed by atoms with van der Waals surface area (Å²) in [6.07, 6.45) is -0.543. The summed E-state index contributed by atoms with van der Waals surface area (Å²) in [5.74, 6) is 0. The number of aliphatic hydroxyl groups excluding tert-OH is 1. The van der Waals surface area contributed by atoms with Gasteiger partial charge in [-0.3, -0.25) is 4.39 Å². The quantitative estimate of drug-likeness (QED) is 0.756. The van der Waals surface area contributed by atoms with Gasteiger partial charge in [0.15, 0.2) is 0 Å². The van der Waals surface area contributed by atoms with Crippen molar-refractivity contribution in [3.05, 3.63) is 35.9 Å². The van der Waals surface area contributed by atoms with Crippen molar-refractivity contribution in [3.8, 4) is 0 Å². The molecule has 1 rings (SSSR count). The van der Waals surface area contributed by atoms with Crippen LogP contribution in [0.2, 0.25) is 0 Å². The maximum Gasteiger partial charge on any atom is 0.0919 e. The number of rotatable bonds is 6. The van der Waals surface area contributed by atoms with Crippen LogP contribution in [0, 0.1) is 0 Å². The molecule has 0 saturated heterocycles. The van der Waals surface area contributed by atoms with Crippen molar-refractivity contribution in [2.24, 2.45) is 0 Å². The van der Waals surface area contributed by atoms with Gasteiger partial charge in [0, 0.05) is 6.42 Å². The molecule has 0 heterocycles. The molecule has 0 aromatic heterocycles. The fourth-order valence-electron chi connectivity index (χ4n) is 1.10. The molecule has 0 aliphatic rings. The lowest BCUT2D eigenvalue weighted by atomic mass is 10.2. The Balaban J connectivity index is 2.16. The number of alkyl halides is 1. The summed E-state index contributed by atoms with van der Waals surface area (Å²) in [5.41, 5.74) is 1.06. The summed E-state index contributed by atoms with van der Waals surface area (Å²) in [4.78, 5) is 0. The summed E-state index contributed by atoms with van der Waals surface area (Å²) >= 11 is 0. The van der Waals surface area contributed by atoms with E-state index in [0.29, 0.717) is 6.61 Å². The highest BCUT2D eigenvalue weighted by Gasteiger charge is 2.03. The lowest BCUT2D eigenvalue weighted by Crippen LogP contribution is -2.15. The van der Waals surface area contributed by atoms with Crippen LogP contribution < -0.4 is 0 Å². The van der Waals surface area contributed by atoms with Gasteiger partial charge in [0.1, 0.15) is 0 Å². The number of hydrogen-bond donors (Lipinski definition) is 1. The van der Waals surface area contributed by atoms with Crippen molar-refractivity contribution in [2.75, 3.05) is 13.3 Å². The Bertz CT molecular complexity index is 238. The molecule has 0 spiro atoms. The first kappa shape index (κ1) is 11.1. The number of hydrogen-bond acceptors (Lipinski definition) is 2. The van der Waals surface area contributed by atoms with Crippen molar-refractivity contribution >= 4 is 0 Å². The Labute approximate surface area is 83.3 Å². The van der Waals surface area contributed by atoms with E-state index in [-0.39, 0.29) is 13.0 Å². The van der Waals surface area contributed by atoms with Crippen LogP contribution in [-0.4, -0.2) is 24.5 Å². The molecule has 1 atom stereocenters. The lowest BCUT2D eigenvalue weighted by Gasteiger charge is -2.08. The Morgan fingerprint density at radius 1 is 1.29 bits per heavy atom.